The Kier molecular flexibility index (Phi) is 9.37. The molecule has 0 bridgehead atoms. The molecule has 0 N–H and O–H groups in total. The highest BCUT2D eigenvalue weighted by Gasteiger charge is 2.22. The van der Waals surface area contributed by atoms with Gasteiger partial charge >= 0.3 is 0 Å². The zero-order valence-corrected chi connectivity index (χ0v) is 35.1. The van der Waals surface area contributed by atoms with Gasteiger partial charge < -0.3 is 4.57 Å². The second kappa shape index (κ2) is 15.2. The van der Waals surface area contributed by atoms with E-state index in [0.29, 0.717) is 34.9 Å². The molecule has 0 saturated carbocycles. The third-order valence-electron chi connectivity index (χ3n) is 11.4. The zero-order valence-electron chi connectivity index (χ0n) is 35.1. The van der Waals surface area contributed by atoms with Gasteiger partial charge in [-0.25, -0.2) is 29.9 Å². The number of rotatable bonds is 7. The van der Waals surface area contributed by atoms with Gasteiger partial charge in [0.05, 0.1) is 16.7 Å². The van der Waals surface area contributed by atoms with Gasteiger partial charge in [0.1, 0.15) is 11.6 Å². The lowest BCUT2D eigenvalue weighted by Crippen LogP contribution is -2.05. The summed E-state index contributed by atoms with van der Waals surface area (Å²) in [4.78, 5) is 29.6. The molecule has 0 aliphatic rings. The summed E-state index contributed by atoms with van der Waals surface area (Å²) in [6.45, 7) is 12.5. The van der Waals surface area contributed by atoms with Crippen LogP contribution in [0.2, 0.25) is 0 Å². The second-order valence-corrected chi connectivity index (χ2v) is 16.0. The van der Waals surface area contributed by atoms with Crippen LogP contribution >= 0.6 is 0 Å². The van der Waals surface area contributed by atoms with E-state index in [4.69, 9.17) is 24.9 Å². The minimum Gasteiger partial charge on any atom is -0.308 e. The number of nitrogens with zero attached hydrogens (tertiary/aromatic N) is 7. The smallest absolute Gasteiger partial charge is 0.165 e. The standard InChI is InChI=1S/C54H43N7/c1-32-17-22-43(34(3)27-32)40-19-24-48-45(29-40)46-30-41(44-23-18-33(2)28-35(44)4)20-25-49(46)61(48)50-26-21-42(31-47(50)54-56-36(5)55-37(6)57-54)53-59-51(38-13-9-7-10-14-38)58-52(60-53)39-15-11-8-12-16-39/h7-31H,1-6H3. The molecule has 3 heterocycles. The van der Waals surface area contributed by atoms with Gasteiger partial charge in [0.25, 0.3) is 0 Å². The third kappa shape index (κ3) is 7.04. The third-order valence-corrected chi connectivity index (χ3v) is 11.4. The molecule has 294 valence electrons. The Morgan fingerprint density at radius 3 is 1.26 bits per heavy atom. The fourth-order valence-corrected chi connectivity index (χ4v) is 8.62. The van der Waals surface area contributed by atoms with Crippen LogP contribution in [0.25, 0.3) is 95.3 Å². The molecular formula is C54H43N7. The van der Waals surface area contributed by atoms with E-state index in [1.54, 1.807) is 0 Å². The first-order valence-corrected chi connectivity index (χ1v) is 20.6. The van der Waals surface area contributed by atoms with Crippen molar-refractivity contribution in [3.05, 3.63) is 186 Å². The maximum absolute atomic E-state index is 5.08. The summed E-state index contributed by atoms with van der Waals surface area (Å²) in [6.07, 6.45) is 0. The number of hydrogen-bond donors (Lipinski definition) is 0. The summed E-state index contributed by atoms with van der Waals surface area (Å²) in [5.41, 5.74) is 16.4. The molecule has 0 saturated heterocycles. The largest absolute Gasteiger partial charge is 0.308 e. The molecule has 7 nitrogen and oxygen atoms in total. The molecule has 10 aromatic rings. The van der Waals surface area contributed by atoms with Crippen molar-refractivity contribution in [3.63, 3.8) is 0 Å². The lowest BCUT2D eigenvalue weighted by molar-refractivity contribution is 0.926. The van der Waals surface area contributed by atoms with Crippen molar-refractivity contribution in [1.82, 2.24) is 34.5 Å². The van der Waals surface area contributed by atoms with E-state index in [1.807, 2.05) is 74.5 Å². The highest BCUT2D eigenvalue weighted by Crippen LogP contribution is 2.41. The average molecular weight is 790 g/mol. The van der Waals surface area contributed by atoms with Crippen LogP contribution in [0, 0.1) is 41.5 Å². The first-order valence-electron chi connectivity index (χ1n) is 20.6. The Hall–Kier alpha value is -7.64. The molecule has 0 aliphatic heterocycles. The van der Waals surface area contributed by atoms with Crippen molar-refractivity contribution in [1.29, 1.82) is 0 Å². The summed E-state index contributed by atoms with van der Waals surface area (Å²) in [7, 11) is 0. The topological polar surface area (TPSA) is 82.3 Å². The van der Waals surface area contributed by atoms with Gasteiger partial charge in [0.15, 0.2) is 23.3 Å². The summed E-state index contributed by atoms with van der Waals surface area (Å²) in [6, 6.07) is 53.6. The van der Waals surface area contributed by atoms with Gasteiger partial charge in [0.2, 0.25) is 0 Å². The minimum atomic E-state index is 0.557. The van der Waals surface area contributed by atoms with Gasteiger partial charge in [-0.1, -0.05) is 120 Å². The van der Waals surface area contributed by atoms with E-state index < -0.39 is 0 Å². The predicted molar refractivity (Wildman–Crippen MR) is 249 cm³/mol. The van der Waals surface area contributed by atoms with Crippen molar-refractivity contribution < 1.29 is 0 Å². The van der Waals surface area contributed by atoms with Crippen molar-refractivity contribution in [2.24, 2.45) is 0 Å². The molecule has 0 atom stereocenters. The highest BCUT2D eigenvalue weighted by atomic mass is 15.1. The van der Waals surface area contributed by atoms with Crippen LogP contribution in [-0.2, 0) is 0 Å². The van der Waals surface area contributed by atoms with Gasteiger partial charge in [-0.05, 0) is 117 Å². The van der Waals surface area contributed by atoms with Gasteiger partial charge in [-0.15, -0.1) is 0 Å². The molecule has 0 fully saturated rings. The van der Waals surface area contributed by atoms with Crippen LogP contribution in [-0.4, -0.2) is 34.5 Å². The summed E-state index contributed by atoms with van der Waals surface area (Å²) < 4.78 is 2.36. The highest BCUT2D eigenvalue weighted by molar-refractivity contribution is 6.12. The van der Waals surface area contributed by atoms with E-state index in [9.17, 15) is 0 Å². The van der Waals surface area contributed by atoms with E-state index in [0.717, 1.165) is 49.7 Å². The van der Waals surface area contributed by atoms with Gasteiger partial charge in [-0.2, -0.15) is 0 Å². The van der Waals surface area contributed by atoms with Gasteiger partial charge in [0, 0.05) is 33.0 Å². The number of benzene rings is 7. The number of aromatic nitrogens is 7. The van der Waals surface area contributed by atoms with Crippen LogP contribution in [0.5, 0.6) is 0 Å². The minimum absolute atomic E-state index is 0.557. The fourth-order valence-electron chi connectivity index (χ4n) is 8.62. The SMILES string of the molecule is Cc1ccc(-c2ccc3c(c2)c2cc(-c4ccc(C)cc4C)ccc2n3-c2ccc(-c3nc(-c4ccccc4)nc(-c4ccccc4)n3)cc2-c2nc(C)nc(C)n2)c(C)c1. The molecular weight excluding hydrogens is 747 g/mol. The summed E-state index contributed by atoms with van der Waals surface area (Å²) in [5.74, 6) is 3.63. The van der Waals surface area contributed by atoms with E-state index >= 15 is 0 Å². The maximum atomic E-state index is 5.08. The Morgan fingerprint density at radius 2 is 0.787 bits per heavy atom. The monoisotopic (exact) mass is 789 g/mol. The predicted octanol–water partition coefficient (Wildman–Crippen LogP) is 13.0. The van der Waals surface area contributed by atoms with Crippen LogP contribution in [0.3, 0.4) is 0 Å². The lowest BCUT2D eigenvalue weighted by Gasteiger charge is -2.16. The van der Waals surface area contributed by atoms with E-state index in [-0.39, 0.29) is 0 Å². The molecule has 7 heteroatoms. The number of hydrogen-bond acceptors (Lipinski definition) is 6. The summed E-state index contributed by atoms with van der Waals surface area (Å²) in [5, 5.41) is 2.32. The average Bonchev–Trinajstić information content (AvgIpc) is 3.59. The Labute approximate surface area is 355 Å². The zero-order chi connectivity index (χ0) is 41.8. The molecule has 7 aromatic carbocycles. The van der Waals surface area contributed by atoms with Crippen molar-refractivity contribution in [2.75, 3.05) is 0 Å². The number of aryl methyl sites for hydroxylation is 6. The molecule has 3 aromatic heterocycles. The Balaban J connectivity index is 1.24. The Morgan fingerprint density at radius 1 is 0.328 bits per heavy atom. The van der Waals surface area contributed by atoms with Crippen molar-refractivity contribution in [3.8, 4) is 73.5 Å². The maximum Gasteiger partial charge on any atom is 0.165 e. The summed E-state index contributed by atoms with van der Waals surface area (Å²) >= 11 is 0. The lowest BCUT2D eigenvalue weighted by atomic mass is 9.95. The second-order valence-electron chi connectivity index (χ2n) is 16.0. The van der Waals surface area contributed by atoms with Crippen LogP contribution in [0.15, 0.2) is 152 Å². The quantitative estimate of drug-likeness (QED) is 0.160. The number of fused-ring (bicyclic) bond motifs is 3. The molecule has 61 heavy (non-hydrogen) atoms. The normalized spacial score (nSPS) is 11.4. The molecule has 0 unspecified atom stereocenters. The van der Waals surface area contributed by atoms with Crippen LogP contribution in [0.4, 0.5) is 0 Å². The van der Waals surface area contributed by atoms with Crippen molar-refractivity contribution >= 4 is 21.8 Å². The molecule has 0 spiro atoms. The fraction of sp³-hybridized carbons (Fsp3) is 0.111. The first kappa shape index (κ1) is 37.6. The molecule has 0 radical (unpaired) electrons. The van der Waals surface area contributed by atoms with E-state index in [1.165, 1.54) is 44.5 Å². The van der Waals surface area contributed by atoms with Crippen LogP contribution in [0.1, 0.15) is 33.9 Å². The molecule has 10 rings (SSSR count). The van der Waals surface area contributed by atoms with Crippen molar-refractivity contribution in [2.45, 2.75) is 41.5 Å². The van der Waals surface area contributed by atoms with Crippen LogP contribution < -0.4 is 0 Å². The first-order chi connectivity index (χ1) is 29.7. The van der Waals surface area contributed by atoms with E-state index in [2.05, 4.69) is 128 Å². The Bertz CT molecular complexity index is 3130. The molecule has 0 amide bonds. The molecule has 0 aliphatic carbocycles. The van der Waals surface area contributed by atoms with Gasteiger partial charge in [-0.3, -0.25) is 0 Å².